The van der Waals surface area contributed by atoms with Crippen molar-refractivity contribution in [3.8, 4) is 0 Å². The Balaban J connectivity index is 0.000000183. The van der Waals surface area contributed by atoms with Gasteiger partial charge in [0.15, 0.2) is 0 Å². The van der Waals surface area contributed by atoms with Gasteiger partial charge < -0.3 is 4.98 Å². The highest BCUT2D eigenvalue weighted by Gasteiger charge is 1.79. The van der Waals surface area contributed by atoms with Gasteiger partial charge in [0.25, 0.3) is 0 Å². The molecule has 0 radical (unpaired) electrons. The van der Waals surface area contributed by atoms with Crippen LogP contribution in [0.4, 0.5) is 0 Å². The van der Waals surface area contributed by atoms with Crippen molar-refractivity contribution in [3.05, 3.63) is 24.5 Å². The monoisotopic (exact) mass is 154 g/mol. The summed E-state index contributed by atoms with van der Waals surface area (Å²) < 4.78 is 0. The Labute approximate surface area is 64.6 Å². The van der Waals surface area contributed by atoms with Gasteiger partial charge in [0.05, 0.1) is 0 Å². The van der Waals surface area contributed by atoms with Gasteiger partial charge in [0.2, 0.25) is 12.3 Å². The zero-order valence-electron chi connectivity index (χ0n) is 6.20. The Bertz CT molecular complexity index is 177. The standard InChI is InChI=1S/C4H5N.C3H5NO2/c1-2-4-5-3-1;1-3(6)4-2-5/h1-5H;2H,1H3,(H,4,5,6). The molecule has 0 atom stereocenters. The molecule has 1 heterocycles. The number of hydrogen-bond donors (Lipinski definition) is 2. The molecule has 4 heteroatoms. The van der Waals surface area contributed by atoms with Crippen molar-refractivity contribution in [2.75, 3.05) is 0 Å². The van der Waals surface area contributed by atoms with Crippen LogP contribution in [0.1, 0.15) is 6.92 Å². The molecule has 60 valence electrons. The van der Waals surface area contributed by atoms with Gasteiger partial charge in [-0.25, -0.2) is 0 Å². The van der Waals surface area contributed by atoms with Crippen LogP contribution in [-0.4, -0.2) is 17.3 Å². The molecule has 0 fully saturated rings. The lowest BCUT2D eigenvalue weighted by molar-refractivity contribution is -0.123. The number of aromatic nitrogens is 1. The van der Waals surface area contributed by atoms with E-state index in [0.29, 0.717) is 6.41 Å². The number of imide groups is 1. The summed E-state index contributed by atoms with van der Waals surface area (Å²) in [5, 5.41) is 1.89. The minimum atomic E-state index is -0.329. The summed E-state index contributed by atoms with van der Waals surface area (Å²) in [7, 11) is 0. The maximum atomic E-state index is 9.70. The lowest BCUT2D eigenvalue weighted by Gasteiger charge is -1.79. The van der Waals surface area contributed by atoms with Gasteiger partial charge in [0, 0.05) is 19.3 Å². The second-order valence-corrected chi connectivity index (χ2v) is 1.70. The van der Waals surface area contributed by atoms with E-state index in [1.807, 2.05) is 29.8 Å². The van der Waals surface area contributed by atoms with Crippen molar-refractivity contribution in [1.29, 1.82) is 0 Å². The highest BCUT2D eigenvalue weighted by molar-refractivity contribution is 5.83. The summed E-state index contributed by atoms with van der Waals surface area (Å²) in [5.41, 5.74) is 0. The quantitative estimate of drug-likeness (QED) is 0.571. The first-order valence-corrected chi connectivity index (χ1v) is 3.06. The lowest BCUT2D eigenvalue weighted by Crippen LogP contribution is -2.16. The molecule has 1 aromatic rings. The Morgan fingerprint density at radius 2 is 2.00 bits per heavy atom. The van der Waals surface area contributed by atoms with Crippen LogP contribution in [0, 0.1) is 0 Å². The van der Waals surface area contributed by atoms with E-state index in [1.54, 1.807) is 0 Å². The molecule has 0 aliphatic heterocycles. The maximum Gasteiger partial charge on any atom is 0.223 e. The zero-order valence-corrected chi connectivity index (χ0v) is 6.20. The van der Waals surface area contributed by atoms with Gasteiger partial charge in [-0.1, -0.05) is 0 Å². The van der Waals surface area contributed by atoms with Gasteiger partial charge in [-0.05, 0) is 12.1 Å². The fourth-order valence-electron chi connectivity index (χ4n) is 0.361. The molecule has 0 bridgehead atoms. The molecule has 0 unspecified atom stereocenters. The first kappa shape index (κ1) is 9.42. The Morgan fingerprint density at radius 3 is 2.09 bits per heavy atom. The van der Waals surface area contributed by atoms with Crippen molar-refractivity contribution in [2.24, 2.45) is 0 Å². The number of amides is 2. The Hall–Kier alpha value is -1.58. The third-order valence-electron chi connectivity index (χ3n) is 0.758. The van der Waals surface area contributed by atoms with Crippen molar-refractivity contribution in [1.82, 2.24) is 10.3 Å². The van der Waals surface area contributed by atoms with Crippen LogP contribution in [0.2, 0.25) is 0 Å². The maximum absolute atomic E-state index is 9.70. The molecule has 0 aromatic carbocycles. The molecule has 2 amide bonds. The van der Waals surface area contributed by atoms with Gasteiger partial charge in [-0.15, -0.1) is 0 Å². The predicted octanol–water partition coefficient (Wildman–Crippen LogP) is 0.294. The third-order valence-corrected chi connectivity index (χ3v) is 0.758. The van der Waals surface area contributed by atoms with Crippen LogP contribution in [0.15, 0.2) is 24.5 Å². The van der Waals surface area contributed by atoms with E-state index in [-0.39, 0.29) is 5.91 Å². The SMILES string of the molecule is CC(=O)NC=O.c1cc[nH]c1. The third kappa shape index (κ3) is 8.42. The van der Waals surface area contributed by atoms with E-state index >= 15 is 0 Å². The number of aromatic amines is 1. The average molecular weight is 154 g/mol. The second-order valence-electron chi connectivity index (χ2n) is 1.70. The molecule has 2 N–H and O–H groups in total. The van der Waals surface area contributed by atoms with Crippen molar-refractivity contribution in [2.45, 2.75) is 6.92 Å². The molecular formula is C7H10N2O2. The minimum Gasteiger partial charge on any atom is -0.368 e. The lowest BCUT2D eigenvalue weighted by atomic mass is 10.7. The van der Waals surface area contributed by atoms with Gasteiger partial charge in [0.1, 0.15) is 0 Å². The zero-order chi connectivity index (χ0) is 8.53. The number of hydrogen-bond acceptors (Lipinski definition) is 2. The normalized spacial score (nSPS) is 7.36. The number of carbonyl (C=O) groups excluding carboxylic acids is 2. The molecule has 11 heavy (non-hydrogen) atoms. The fraction of sp³-hybridized carbons (Fsp3) is 0.143. The summed E-state index contributed by atoms with van der Waals surface area (Å²) in [6.07, 6.45) is 4.10. The number of rotatable bonds is 1. The second kappa shape index (κ2) is 6.54. The number of nitrogens with one attached hydrogen (secondary N) is 2. The topological polar surface area (TPSA) is 62.0 Å². The molecule has 0 saturated heterocycles. The molecule has 1 aromatic heterocycles. The molecule has 1 rings (SSSR count). The van der Waals surface area contributed by atoms with Crippen LogP contribution in [-0.2, 0) is 9.59 Å². The fourth-order valence-corrected chi connectivity index (χ4v) is 0.361. The van der Waals surface area contributed by atoms with Gasteiger partial charge in [-0.3, -0.25) is 14.9 Å². The van der Waals surface area contributed by atoms with Crippen molar-refractivity contribution in [3.63, 3.8) is 0 Å². The molecule has 4 nitrogen and oxygen atoms in total. The van der Waals surface area contributed by atoms with Crippen LogP contribution in [0.25, 0.3) is 0 Å². The first-order chi connectivity index (χ1) is 5.27. The van der Waals surface area contributed by atoms with Gasteiger partial charge in [-0.2, -0.15) is 0 Å². The van der Waals surface area contributed by atoms with Crippen LogP contribution < -0.4 is 5.32 Å². The van der Waals surface area contributed by atoms with Gasteiger partial charge >= 0.3 is 0 Å². The number of carbonyl (C=O) groups is 2. The van der Waals surface area contributed by atoms with Crippen LogP contribution in [0.3, 0.4) is 0 Å². The van der Waals surface area contributed by atoms with E-state index in [2.05, 4.69) is 4.98 Å². The van der Waals surface area contributed by atoms with E-state index < -0.39 is 0 Å². The molecular weight excluding hydrogens is 144 g/mol. The van der Waals surface area contributed by atoms with E-state index in [4.69, 9.17) is 0 Å². The van der Waals surface area contributed by atoms with Crippen LogP contribution in [0.5, 0.6) is 0 Å². The van der Waals surface area contributed by atoms with E-state index in [0.717, 1.165) is 0 Å². The largest absolute Gasteiger partial charge is 0.368 e. The molecule has 0 aliphatic rings. The van der Waals surface area contributed by atoms with Crippen molar-refractivity contribution < 1.29 is 9.59 Å². The Kier molecular flexibility index (Phi) is 5.60. The Morgan fingerprint density at radius 1 is 1.45 bits per heavy atom. The van der Waals surface area contributed by atoms with E-state index in [9.17, 15) is 9.59 Å². The predicted molar refractivity (Wildman–Crippen MR) is 40.7 cm³/mol. The van der Waals surface area contributed by atoms with E-state index in [1.165, 1.54) is 6.92 Å². The smallest absolute Gasteiger partial charge is 0.223 e. The summed E-state index contributed by atoms with van der Waals surface area (Å²) in [6.45, 7) is 1.27. The molecule has 0 spiro atoms. The summed E-state index contributed by atoms with van der Waals surface area (Å²) in [5.74, 6) is -0.329. The molecule has 0 saturated carbocycles. The highest BCUT2D eigenvalue weighted by Crippen LogP contribution is 1.72. The highest BCUT2D eigenvalue weighted by atomic mass is 16.2. The molecule has 0 aliphatic carbocycles. The summed E-state index contributed by atoms with van der Waals surface area (Å²) >= 11 is 0. The van der Waals surface area contributed by atoms with Crippen molar-refractivity contribution >= 4 is 12.3 Å². The summed E-state index contributed by atoms with van der Waals surface area (Å²) in [6, 6.07) is 3.89. The average Bonchev–Trinajstić information content (AvgIpc) is 2.41. The number of H-pyrrole nitrogens is 1. The summed E-state index contributed by atoms with van der Waals surface area (Å²) in [4.78, 5) is 21.8. The first-order valence-electron chi connectivity index (χ1n) is 3.06. The minimum absolute atomic E-state index is 0.329. The van der Waals surface area contributed by atoms with Crippen LogP contribution >= 0.6 is 0 Å².